The van der Waals surface area contributed by atoms with E-state index in [0.717, 1.165) is 48.6 Å². The van der Waals surface area contributed by atoms with Crippen LogP contribution in [-0.4, -0.2) is 40.5 Å². The minimum Gasteiger partial charge on any atom is -0.357 e. The molecule has 24 heavy (non-hydrogen) atoms. The van der Waals surface area contributed by atoms with Crippen molar-refractivity contribution in [1.82, 2.24) is 19.8 Å². The highest BCUT2D eigenvalue weighted by Gasteiger charge is 2.09. The van der Waals surface area contributed by atoms with Gasteiger partial charge < -0.3 is 14.8 Å². The van der Waals surface area contributed by atoms with E-state index >= 15 is 0 Å². The molecule has 0 unspecified atom stereocenters. The fourth-order valence-corrected chi connectivity index (χ4v) is 3.83. The van der Waals surface area contributed by atoms with Crippen LogP contribution in [0.2, 0.25) is 0 Å². The standard InChI is InChI=1S/C17H26BrN5S/c1-5-19-17(20-8-6-7-16-21-13(2)12-24-16)23(4)11-15-9-14(18)10-22(15)3/h9-10,12H,5-8,11H2,1-4H3,(H,19,20). The number of thiazole rings is 1. The smallest absolute Gasteiger partial charge is 0.194 e. The second-order valence-electron chi connectivity index (χ2n) is 5.84. The lowest BCUT2D eigenvalue weighted by molar-refractivity contribution is 0.461. The Balaban J connectivity index is 1.90. The maximum atomic E-state index is 4.76. The number of aryl methyl sites for hydroxylation is 3. The molecular weight excluding hydrogens is 386 g/mol. The number of aliphatic imine (C=N–C) groups is 1. The number of nitrogens with zero attached hydrogens (tertiary/aromatic N) is 4. The molecule has 132 valence electrons. The Morgan fingerprint density at radius 2 is 2.29 bits per heavy atom. The summed E-state index contributed by atoms with van der Waals surface area (Å²) in [6.07, 6.45) is 4.09. The molecule has 7 heteroatoms. The molecule has 2 aromatic rings. The highest BCUT2D eigenvalue weighted by molar-refractivity contribution is 9.10. The summed E-state index contributed by atoms with van der Waals surface area (Å²) in [6, 6.07) is 2.14. The SMILES string of the molecule is CCNC(=NCCCc1nc(C)cs1)N(C)Cc1cc(Br)cn1C. The van der Waals surface area contributed by atoms with Gasteiger partial charge in [-0.05, 0) is 42.3 Å². The lowest BCUT2D eigenvalue weighted by atomic mass is 10.3. The van der Waals surface area contributed by atoms with E-state index < -0.39 is 0 Å². The van der Waals surface area contributed by atoms with Crippen LogP contribution in [-0.2, 0) is 20.0 Å². The van der Waals surface area contributed by atoms with Crippen molar-refractivity contribution in [3.8, 4) is 0 Å². The largest absolute Gasteiger partial charge is 0.357 e. The number of hydrogen-bond donors (Lipinski definition) is 1. The molecule has 0 radical (unpaired) electrons. The van der Waals surface area contributed by atoms with Crippen molar-refractivity contribution in [3.05, 3.63) is 38.5 Å². The van der Waals surface area contributed by atoms with Gasteiger partial charge in [-0.2, -0.15) is 0 Å². The number of hydrogen-bond acceptors (Lipinski definition) is 3. The predicted molar refractivity (Wildman–Crippen MR) is 106 cm³/mol. The van der Waals surface area contributed by atoms with E-state index in [1.165, 1.54) is 10.7 Å². The quantitative estimate of drug-likeness (QED) is 0.430. The average molecular weight is 412 g/mol. The van der Waals surface area contributed by atoms with Crippen LogP contribution >= 0.6 is 27.3 Å². The van der Waals surface area contributed by atoms with Gasteiger partial charge in [-0.1, -0.05) is 0 Å². The fraction of sp³-hybridized carbons (Fsp3) is 0.529. The third-order valence-corrected chi connectivity index (χ3v) is 5.11. The molecule has 0 spiro atoms. The van der Waals surface area contributed by atoms with Gasteiger partial charge in [-0.25, -0.2) is 4.98 Å². The summed E-state index contributed by atoms with van der Waals surface area (Å²) >= 11 is 5.26. The average Bonchev–Trinajstić information content (AvgIpc) is 3.07. The van der Waals surface area contributed by atoms with Crippen LogP contribution in [0, 0.1) is 6.92 Å². The first kappa shape index (κ1) is 19.0. The summed E-state index contributed by atoms with van der Waals surface area (Å²) in [5.74, 6) is 0.949. The zero-order valence-electron chi connectivity index (χ0n) is 14.8. The van der Waals surface area contributed by atoms with Crippen molar-refractivity contribution in [1.29, 1.82) is 0 Å². The van der Waals surface area contributed by atoms with E-state index in [0.29, 0.717) is 0 Å². The van der Waals surface area contributed by atoms with Crippen LogP contribution in [0.25, 0.3) is 0 Å². The normalized spacial score (nSPS) is 11.8. The Kier molecular flexibility index (Phi) is 7.30. The molecule has 0 amide bonds. The first-order valence-electron chi connectivity index (χ1n) is 8.20. The first-order chi connectivity index (χ1) is 11.5. The highest BCUT2D eigenvalue weighted by atomic mass is 79.9. The monoisotopic (exact) mass is 411 g/mol. The van der Waals surface area contributed by atoms with E-state index in [1.54, 1.807) is 11.3 Å². The van der Waals surface area contributed by atoms with Crippen LogP contribution in [0.4, 0.5) is 0 Å². The van der Waals surface area contributed by atoms with Crippen molar-refractivity contribution in [2.75, 3.05) is 20.1 Å². The van der Waals surface area contributed by atoms with Gasteiger partial charge in [-0.3, -0.25) is 4.99 Å². The molecular formula is C17H26BrN5S. The second-order valence-corrected chi connectivity index (χ2v) is 7.70. The van der Waals surface area contributed by atoms with Gasteiger partial charge in [0.2, 0.25) is 0 Å². The lowest BCUT2D eigenvalue weighted by Gasteiger charge is -2.22. The summed E-state index contributed by atoms with van der Waals surface area (Å²) in [7, 11) is 4.14. The molecule has 2 aromatic heterocycles. The summed E-state index contributed by atoms with van der Waals surface area (Å²) in [5.41, 5.74) is 2.36. The Bertz CT molecular complexity index is 676. The molecule has 0 fully saturated rings. The Labute approximate surface area is 156 Å². The molecule has 0 saturated carbocycles. The van der Waals surface area contributed by atoms with Gasteiger partial charge in [0, 0.05) is 61.0 Å². The van der Waals surface area contributed by atoms with E-state index in [4.69, 9.17) is 4.99 Å². The Morgan fingerprint density at radius 3 is 2.88 bits per heavy atom. The summed E-state index contributed by atoms with van der Waals surface area (Å²) < 4.78 is 3.24. The third kappa shape index (κ3) is 5.63. The van der Waals surface area contributed by atoms with Crippen LogP contribution in [0.15, 0.2) is 27.1 Å². The van der Waals surface area contributed by atoms with Crippen LogP contribution < -0.4 is 5.32 Å². The van der Waals surface area contributed by atoms with Crippen LogP contribution in [0.3, 0.4) is 0 Å². The van der Waals surface area contributed by atoms with Crippen LogP contribution in [0.5, 0.6) is 0 Å². The highest BCUT2D eigenvalue weighted by Crippen LogP contribution is 2.15. The molecule has 0 aliphatic rings. The van der Waals surface area contributed by atoms with Gasteiger partial charge in [0.1, 0.15) is 0 Å². The van der Waals surface area contributed by atoms with Crippen LogP contribution in [0.1, 0.15) is 29.7 Å². The van der Waals surface area contributed by atoms with Gasteiger partial charge in [0.15, 0.2) is 5.96 Å². The van der Waals surface area contributed by atoms with Gasteiger partial charge in [0.05, 0.1) is 11.6 Å². The van der Waals surface area contributed by atoms with Crippen molar-refractivity contribution >= 4 is 33.2 Å². The molecule has 0 aromatic carbocycles. The second kappa shape index (κ2) is 9.22. The van der Waals surface area contributed by atoms with Gasteiger partial charge in [-0.15, -0.1) is 11.3 Å². The molecule has 0 saturated heterocycles. The zero-order chi connectivity index (χ0) is 17.5. The Hall–Kier alpha value is -1.34. The number of halogens is 1. The summed E-state index contributed by atoms with van der Waals surface area (Å²) in [5, 5.41) is 6.68. The van der Waals surface area contributed by atoms with E-state index in [9.17, 15) is 0 Å². The molecule has 0 bridgehead atoms. The van der Waals surface area contributed by atoms with E-state index in [-0.39, 0.29) is 0 Å². The maximum absolute atomic E-state index is 4.76. The summed E-state index contributed by atoms with van der Waals surface area (Å²) in [6.45, 7) is 6.63. The zero-order valence-corrected chi connectivity index (χ0v) is 17.2. The number of rotatable bonds is 7. The molecule has 5 nitrogen and oxygen atoms in total. The minimum atomic E-state index is 0.808. The predicted octanol–water partition coefficient (Wildman–Crippen LogP) is 3.58. The molecule has 2 rings (SSSR count). The van der Waals surface area contributed by atoms with Crippen molar-refractivity contribution in [2.24, 2.45) is 12.0 Å². The third-order valence-electron chi connectivity index (χ3n) is 3.65. The number of aromatic nitrogens is 2. The lowest BCUT2D eigenvalue weighted by Crippen LogP contribution is -2.38. The van der Waals surface area contributed by atoms with Gasteiger partial charge >= 0.3 is 0 Å². The van der Waals surface area contributed by atoms with E-state index in [1.807, 2.05) is 6.92 Å². The molecule has 0 atom stereocenters. The van der Waals surface area contributed by atoms with Gasteiger partial charge in [0.25, 0.3) is 0 Å². The maximum Gasteiger partial charge on any atom is 0.194 e. The fourth-order valence-electron chi connectivity index (χ4n) is 2.44. The van der Waals surface area contributed by atoms with Crippen molar-refractivity contribution in [3.63, 3.8) is 0 Å². The molecule has 2 heterocycles. The summed E-state index contributed by atoms with van der Waals surface area (Å²) in [4.78, 5) is 11.4. The number of nitrogens with one attached hydrogen (secondary N) is 1. The van der Waals surface area contributed by atoms with E-state index in [2.05, 4.69) is 74.4 Å². The van der Waals surface area contributed by atoms with Crippen molar-refractivity contribution < 1.29 is 0 Å². The molecule has 0 aliphatic heterocycles. The minimum absolute atomic E-state index is 0.808. The Morgan fingerprint density at radius 1 is 1.50 bits per heavy atom. The number of guanidine groups is 1. The molecule has 1 N–H and O–H groups in total. The topological polar surface area (TPSA) is 45.5 Å². The molecule has 0 aliphatic carbocycles. The first-order valence-corrected chi connectivity index (χ1v) is 9.88. The van der Waals surface area contributed by atoms with Crippen molar-refractivity contribution in [2.45, 2.75) is 33.2 Å².